The van der Waals surface area contributed by atoms with E-state index in [1.807, 2.05) is 6.07 Å². The first kappa shape index (κ1) is 29.7. The Kier molecular flexibility index (Phi) is 10.7. The van der Waals surface area contributed by atoms with Crippen molar-refractivity contribution in [3.05, 3.63) is 65.0 Å². The second kappa shape index (κ2) is 11.9. The second-order valence-corrected chi connectivity index (χ2v) is 10.9. The third-order valence-corrected chi connectivity index (χ3v) is 5.84. The molecule has 3 atom stereocenters. The lowest BCUT2D eigenvalue weighted by Gasteiger charge is -2.40. The standard InChI is InChI=1S/C26H38FN3O.2ClH/c1-25(2,3)14-18-9-10-22-20(12-18)23(15-26(4,5)30-22)29-16-24(31)21(28)13-17-7-6-8-19(27)11-17;;/h6-12,21,23-24,29-31H,13-16,28H2,1-5H3;2*1H/t21-,23-,24+;;/m0../s1. The van der Waals surface area contributed by atoms with Crippen LogP contribution in [0.2, 0.25) is 0 Å². The fourth-order valence-corrected chi connectivity index (χ4v) is 4.44. The molecule has 0 bridgehead atoms. The number of aliphatic hydroxyl groups is 1. The number of anilines is 1. The lowest BCUT2D eigenvalue weighted by molar-refractivity contribution is 0.135. The molecular weight excluding hydrogens is 460 g/mol. The molecule has 0 spiro atoms. The van der Waals surface area contributed by atoms with Crippen LogP contribution in [0.4, 0.5) is 10.1 Å². The van der Waals surface area contributed by atoms with Gasteiger partial charge in [0.15, 0.2) is 0 Å². The van der Waals surface area contributed by atoms with Crippen LogP contribution in [0.3, 0.4) is 0 Å². The lowest BCUT2D eigenvalue weighted by atomic mass is 9.82. The minimum absolute atomic E-state index is 0. The summed E-state index contributed by atoms with van der Waals surface area (Å²) >= 11 is 0. The van der Waals surface area contributed by atoms with Crippen LogP contribution < -0.4 is 16.4 Å². The van der Waals surface area contributed by atoms with E-state index in [0.29, 0.717) is 13.0 Å². The Balaban J connectivity index is 0.00000272. The highest BCUT2D eigenvalue weighted by atomic mass is 35.5. The summed E-state index contributed by atoms with van der Waals surface area (Å²) < 4.78 is 13.4. The average molecular weight is 501 g/mol. The molecule has 5 N–H and O–H groups in total. The maximum Gasteiger partial charge on any atom is 0.123 e. The van der Waals surface area contributed by atoms with Crippen molar-refractivity contribution in [1.29, 1.82) is 0 Å². The highest BCUT2D eigenvalue weighted by Gasteiger charge is 2.32. The van der Waals surface area contributed by atoms with Gasteiger partial charge in [0.05, 0.1) is 6.10 Å². The lowest BCUT2D eigenvalue weighted by Crippen LogP contribution is -2.47. The number of nitrogens with one attached hydrogen (secondary N) is 2. The zero-order valence-corrected chi connectivity index (χ0v) is 22.0. The van der Waals surface area contributed by atoms with Gasteiger partial charge in [-0.15, -0.1) is 24.8 Å². The van der Waals surface area contributed by atoms with Crippen LogP contribution in [0, 0.1) is 11.2 Å². The number of fused-ring (bicyclic) bond motifs is 1. The van der Waals surface area contributed by atoms with Crippen LogP contribution in [0.1, 0.15) is 63.8 Å². The van der Waals surface area contributed by atoms with Gasteiger partial charge in [0.25, 0.3) is 0 Å². The van der Waals surface area contributed by atoms with E-state index in [1.165, 1.54) is 23.3 Å². The summed E-state index contributed by atoms with van der Waals surface area (Å²) in [6, 6.07) is 12.7. The number of halogens is 3. The highest BCUT2D eigenvalue weighted by Crippen LogP contribution is 2.38. The van der Waals surface area contributed by atoms with Crippen LogP contribution in [0.25, 0.3) is 0 Å². The van der Waals surface area contributed by atoms with Crippen LogP contribution in [-0.4, -0.2) is 29.3 Å². The predicted octanol–water partition coefficient (Wildman–Crippen LogP) is 5.41. The summed E-state index contributed by atoms with van der Waals surface area (Å²) in [5.74, 6) is -0.281. The molecule has 186 valence electrons. The maximum absolute atomic E-state index is 13.4. The molecular formula is C26H40Cl2FN3O. The van der Waals surface area contributed by atoms with Crippen LogP contribution >= 0.6 is 24.8 Å². The van der Waals surface area contributed by atoms with E-state index in [2.05, 4.69) is 63.5 Å². The molecule has 7 heteroatoms. The van der Waals surface area contributed by atoms with Gasteiger partial charge < -0.3 is 21.5 Å². The van der Waals surface area contributed by atoms with E-state index in [4.69, 9.17) is 5.73 Å². The van der Waals surface area contributed by atoms with Crippen molar-refractivity contribution in [2.75, 3.05) is 11.9 Å². The molecule has 2 aromatic carbocycles. The number of nitrogens with two attached hydrogens (primary N) is 1. The van der Waals surface area contributed by atoms with Crippen molar-refractivity contribution >= 4 is 30.5 Å². The molecule has 0 unspecified atom stereocenters. The first-order chi connectivity index (χ1) is 14.4. The largest absolute Gasteiger partial charge is 0.390 e. The smallest absolute Gasteiger partial charge is 0.123 e. The molecule has 0 amide bonds. The van der Waals surface area contributed by atoms with Crippen LogP contribution in [-0.2, 0) is 12.8 Å². The van der Waals surface area contributed by atoms with Crippen molar-refractivity contribution in [2.45, 2.75) is 77.6 Å². The molecule has 4 nitrogen and oxygen atoms in total. The molecule has 1 heterocycles. The topological polar surface area (TPSA) is 70.3 Å². The second-order valence-electron chi connectivity index (χ2n) is 10.9. The molecule has 0 saturated heterocycles. The molecule has 0 saturated carbocycles. The quantitative estimate of drug-likeness (QED) is 0.410. The number of hydrogen-bond donors (Lipinski definition) is 4. The van der Waals surface area contributed by atoms with Crippen molar-refractivity contribution in [3.63, 3.8) is 0 Å². The van der Waals surface area contributed by atoms with Gasteiger partial charge in [-0.25, -0.2) is 4.39 Å². The monoisotopic (exact) mass is 499 g/mol. The molecule has 0 fully saturated rings. The minimum Gasteiger partial charge on any atom is -0.390 e. The Hall–Kier alpha value is -1.37. The molecule has 3 rings (SSSR count). The molecule has 33 heavy (non-hydrogen) atoms. The molecule has 0 radical (unpaired) electrons. The molecule has 0 aliphatic carbocycles. The van der Waals surface area contributed by atoms with Crippen molar-refractivity contribution in [1.82, 2.24) is 5.32 Å². The normalized spacial score (nSPS) is 18.7. The third-order valence-electron chi connectivity index (χ3n) is 5.84. The van der Waals surface area contributed by atoms with Gasteiger partial charge in [-0.2, -0.15) is 0 Å². The fraction of sp³-hybridized carbons (Fsp3) is 0.538. The van der Waals surface area contributed by atoms with Gasteiger partial charge in [0.1, 0.15) is 5.82 Å². The summed E-state index contributed by atoms with van der Waals surface area (Å²) in [5, 5.41) is 17.9. The first-order valence-corrected chi connectivity index (χ1v) is 11.2. The molecule has 1 aliphatic heterocycles. The zero-order chi connectivity index (χ0) is 22.8. The van der Waals surface area contributed by atoms with Gasteiger partial charge in [0, 0.05) is 29.9 Å². The Bertz CT molecular complexity index is 901. The Labute approximate surface area is 210 Å². The van der Waals surface area contributed by atoms with E-state index < -0.39 is 12.1 Å². The highest BCUT2D eigenvalue weighted by molar-refractivity contribution is 5.85. The Morgan fingerprint density at radius 2 is 1.85 bits per heavy atom. The number of aliphatic hydroxyl groups excluding tert-OH is 1. The van der Waals surface area contributed by atoms with E-state index in [9.17, 15) is 9.50 Å². The summed E-state index contributed by atoms with van der Waals surface area (Å²) in [5.41, 5.74) is 10.9. The number of rotatable bonds is 7. The fourth-order valence-electron chi connectivity index (χ4n) is 4.44. The summed E-state index contributed by atoms with van der Waals surface area (Å²) in [6.45, 7) is 11.5. The van der Waals surface area contributed by atoms with Crippen molar-refractivity contribution < 1.29 is 9.50 Å². The minimum atomic E-state index is -0.720. The summed E-state index contributed by atoms with van der Waals surface area (Å²) in [6.07, 6.45) is 1.63. The van der Waals surface area contributed by atoms with E-state index >= 15 is 0 Å². The molecule has 1 aliphatic rings. The van der Waals surface area contributed by atoms with Crippen LogP contribution in [0.15, 0.2) is 42.5 Å². The Morgan fingerprint density at radius 3 is 2.48 bits per heavy atom. The maximum atomic E-state index is 13.4. The van der Waals surface area contributed by atoms with Crippen LogP contribution in [0.5, 0.6) is 0 Å². The van der Waals surface area contributed by atoms with Crippen molar-refractivity contribution in [3.8, 4) is 0 Å². The number of hydrogen-bond acceptors (Lipinski definition) is 4. The predicted molar refractivity (Wildman–Crippen MR) is 141 cm³/mol. The SMILES string of the molecule is CC(C)(C)Cc1ccc2c(c1)[C@@H](NC[C@@H](O)[C@@H](N)Cc1cccc(F)c1)CC(C)(C)N2.Cl.Cl. The summed E-state index contributed by atoms with van der Waals surface area (Å²) in [7, 11) is 0. The first-order valence-electron chi connectivity index (χ1n) is 11.2. The van der Waals surface area contributed by atoms with E-state index in [1.54, 1.807) is 6.07 Å². The van der Waals surface area contributed by atoms with Gasteiger partial charge in [-0.05, 0) is 73.4 Å². The number of benzene rings is 2. The van der Waals surface area contributed by atoms with E-state index in [-0.39, 0.29) is 47.6 Å². The third kappa shape index (κ3) is 8.73. The molecule has 0 aromatic heterocycles. The van der Waals surface area contributed by atoms with Crippen molar-refractivity contribution in [2.24, 2.45) is 11.1 Å². The van der Waals surface area contributed by atoms with Gasteiger partial charge >= 0.3 is 0 Å². The van der Waals surface area contributed by atoms with Gasteiger partial charge in [-0.1, -0.05) is 45.0 Å². The summed E-state index contributed by atoms with van der Waals surface area (Å²) in [4.78, 5) is 0. The zero-order valence-electron chi connectivity index (χ0n) is 20.3. The van der Waals surface area contributed by atoms with E-state index in [0.717, 1.165) is 24.1 Å². The Morgan fingerprint density at radius 1 is 1.15 bits per heavy atom. The average Bonchev–Trinajstić information content (AvgIpc) is 2.64. The molecule has 2 aromatic rings. The van der Waals surface area contributed by atoms with Gasteiger partial charge in [-0.3, -0.25) is 0 Å². The van der Waals surface area contributed by atoms with Gasteiger partial charge in [0.2, 0.25) is 0 Å².